The van der Waals surface area contributed by atoms with Gasteiger partial charge in [-0.05, 0) is 53.5 Å². The zero-order chi connectivity index (χ0) is 14.9. The fourth-order valence-corrected chi connectivity index (χ4v) is 2.99. The molecule has 0 heterocycles. The first-order valence-electron chi connectivity index (χ1n) is 6.39. The number of carbonyl (C=O) groups is 1. The molecule has 0 saturated heterocycles. The number of nitrogens with zero attached hydrogens (tertiary/aromatic N) is 1. The molecule has 0 radical (unpaired) electrons. The largest absolute Gasteiger partial charge is 0.496 e. The van der Waals surface area contributed by atoms with Gasteiger partial charge in [-0.25, -0.2) is 0 Å². The summed E-state index contributed by atoms with van der Waals surface area (Å²) in [5, 5.41) is 9.84. The summed E-state index contributed by atoms with van der Waals surface area (Å²) in [7, 11) is 3.30. The van der Waals surface area contributed by atoms with E-state index in [1.165, 1.54) is 0 Å². The van der Waals surface area contributed by atoms with Gasteiger partial charge in [0, 0.05) is 17.2 Å². The summed E-state index contributed by atoms with van der Waals surface area (Å²) >= 11 is 8.19. The van der Waals surface area contributed by atoms with Gasteiger partial charge in [0.1, 0.15) is 5.75 Å². The fourth-order valence-electron chi connectivity index (χ4n) is 2.39. The molecule has 4 nitrogen and oxygen atoms in total. The molecule has 1 aromatic carbocycles. The van der Waals surface area contributed by atoms with Gasteiger partial charge in [0.05, 0.1) is 23.8 Å². The van der Waals surface area contributed by atoms with Crippen molar-refractivity contribution in [2.24, 2.45) is 5.92 Å². The molecule has 0 aliphatic heterocycles. The number of halogens is 2. The van der Waals surface area contributed by atoms with E-state index in [4.69, 9.17) is 16.3 Å². The minimum atomic E-state index is -0.203. The van der Waals surface area contributed by atoms with Crippen LogP contribution in [0.3, 0.4) is 0 Å². The molecule has 110 valence electrons. The van der Waals surface area contributed by atoms with Crippen LogP contribution in [0, 0.1) is 9.49 Å². The van der Waals surface area contributed by atoms with E-state index in [1.807, 2.05) is 0 Å². The highest BCUT2D eigenvalue weighted by Crippen LogP contribution is 2.31. The molecule has 1 aromatic rings. The van der Waals surface area contributed by atoms with Gasteiger partial charge in [0.25, 0.3) is 5.91 Å². The maximum atomic E-state index is 12.5. The molecule has 1 saturated carbocycles. The van der Waals surface area contributed by atoms with Crippen molar-refractivity contribution >= 4 is 40.1 Å². The molecule has 0 spiro atoms. The molecular weight excluding hydrogens is 393 g/mol. The Kier molecular flexibility index (Phi) is 5.14. The average Bonchev–Trinajstić information content (AvgIpc) is 2.38. The van der Waals surface area contributed by atoms with Crippen molar-refractivity contribution in [2.45, 2.75) is 18.9 Å². The number of carbonyl (C=O) groups excluding carboxylic acids is 1. The SMILES string of the molecule is COc1cc(I)c(Cl)cc1C(=O)N(C)CC1CC(O)C1. The molecule has 1 aliphatic rings. The lowest BCUT2D eigenvalue weighted by atomic mass is 9.82. The van der Waals surface area contributed by atoms with Gasteiger partial charge in [-0.1, -0.05) is 11.6 Å². The van der Waals surface area contributed by atoms with Crippen LogP contribution in [0.1, 0.15) is 23.2 Å². The Balaban J connectivity index is 2.13. The molecule has 0 bridgehead atoms. The number of aliphatic hydroxyl groups is 1. The van der Waals surface area contributed by atoms with E-state index in [1.54, 1.807) is 31.2 Å². The van der Waals surface area contributed by atoms with E-state index in [9.17, 15) is 9.90 Å². The van der Waals surface area contributed by atoms with Crippen molar-refractivity contribution in [3.63, 3.8) is 0 Å². The van der Waals surface area contributed by atoms with Gasteiger partial charge in [0.15, 0.2) is 0 Å². The van der Waals surface area contributed by atoms with Crippen LogP contribution in [0.25, 0.3) is 0 Å². The summed E-state index contributed by atoms with van der Waals surface area (Å²) in [6.45, 7) is 0.642. The minimum absolute atomic E-state index is 0.110. The Morgan fingerprint density at radius 3 is 2.75 bits per heavy atom. The van der Waals surface area contributed by atoms with E-state index in [0.29, 0.717) is 28.8 Å². The molecule has 0 unspecified atom stereocenters. The van der Waals surface area contributed by atoms with Crippen LogP contribution in [-0.4, -0.2) is 42.7 Å². The Morgan fingerprint density at radius 2 is 2.20 bits per heavy atom. The van der Waals surface area contributed by atoms with Crippen LogP contribution in [0.2, 0.25) is 5.02 Å². The third kappa shape index (κ3) is 3.38. The predicted octanol–water partition coefficient (Wildman–Crippen LogP) is 2.80. The smallest absolute Gasteiger partial charge is 0.257 e. The van der Waals surface area contributed by atoms with Crippen molar-refractivity contribution in [1.29, 1.82) is 0 Å². The number of benzene rings is 1. The lowest BCUT2D eigenvalue weighted by Gasteiger charge is -2.34. The predicted molar refractivity (Wildman–Crippen MR) is 86.4 cm³/mol. The van der Waals surface area contributed by atoms with Crippen molar-refractivity contribution in [2.75, 3.05) is 20.7 Å². The lowest BCUT2D eigenvalue weighted by Crippen LogP contribution is -2.39. The minimum Gasteiger partial charge on any atom is -0.496 e. The zero-order valence-electron chi connectivity index (χ0n) is 11.4. The Hall–Kier alpha value is -0.530. The van der Waals surface area contributed by atoms with Crippen molar-refractivity contribution < 1.29 is 14.6 Å². The van der Waals surface area contributed by atoms with Crippen LogP contribution in [0.4, 0.5) is 0 Å². The van der Waals surface area contributed by atoms with Crippen LogP contribution >= 0.6 is 34.2 Å². The molecule has 20 heavy (non-hydrogen) atoms. The van der Waals surface area contributed by atoms with Crippen molar-refractivity contribution in [3.8, 4) is 5.75 Å². The summed E-state index contributed by atoms with van der Waals surface area (Å²) in [6.07, 6.45) is 1.33. The maximum absolute atomic E-state index is 12.5. The number of amides is 1. The first-order chi connectivity index (χ1) is 9.42. The number of rotatable bonds is 4. The summed E-state index contributed by atoms with van der Waals surface area (Å²) in [5.41, 5.74) is 0.472. The van der Waals surface area contributed by atoms with Crippen LogP contribution in [0.5, 0.6) is 5.75 Å². The molecule has 0 aromatic heterocycles. The Bertz CT molecular complexity index is 517. The van der Waals surface area contributed by atoms with E-state index in [-0.39, 0.29) is 12.0 Å². The second kappa shape index (κ2) is 6.49. The van der Waals surface area contributed by atoms with Gasteiger partial charge in [-0.15, -0.1) is 0 Å². The highest BCUT2D eigenvalue weighted by atomic mass is 127. The van der Waals surface area contributed by atoms with Crippen LogP contribution < -0.4 is 4.74 Å². The van der Waals surface area contributed by atoms with E-state index in [2.05, 4.69) is 22.6 Å². The third-order valence-electron chi connectivity index (χ3n) is 3.56. The van der Waals surface area contributed by atoms with Gasteiger partial charge in [-0.2, -0.15) is 0 Å². The van der Waals surface area contributed by atoms with E-state index >= 15 is 0 Å². The Morgan fingerprint density at radius 1 is 1.55 bits per heavy atom. The third-order valence-corrected chi connectivity index (χ3v) is 5.09. The van der Waals surface area contributed by atoms with Gasteiger partial charge in [0.2, 0.25) is 0 Å². The standard InChI is InChI=1S/C14H17ClINO3/c1-17(7-8-3-9(18)4-8)14(19)10-5-11(15)12(16)6-13(10)20-2/h5-6,8-9,18H,3-4,7H2,1-2H3. The van der Waals surface area contributed by atoms with Crippen molar-refractivity contribution in [3.05, 3.63) is 26.3 Å². The highest BCUT2D eigenvalue weighted by molar-refractivity contribution is 14.1. The normalized spacial score (nSPS) is 21.2. The maximum Gasteiger partial charge on any atom is 0.257 e. The second-order valence-electron chi connectivity index (χ2n) is 5.14. The second-order valence-corrected chi connectivity index (χ2v) is 6.71. The van der Waals surface area contributed by atoms with E-state index < -0.39 is 0 Å². The first-order valence-corrected chi connectivity index (χ1v) is 7.84. The summed E-state index contributed by atoms with van der Waals surface area (Å²) in [4.78, 5) is 14.1. The molecule has 1 amide bonds. The van der Waals surface area contributed by atoms with Gasteiger partial charge < -0.3 is 14.7 Å². The molecule has 6 heteroatoms. The van der Waals surface area contributed by atoms with E-state index in [0.717, 1.165) is 16.4 Å². The zero-order valence-corrected chi connectivity index (χ0v) is 14.3. The van der Waals surface area contributed by atoms with Crippen LogP contribution in [-0.2, 0) is 0 Å². The highest BCUT2D eigenvalue weighted by Gasteiger charge is 2.30. The number of aliphatic hydroxyl groups excluding tert-OH is 1. The molecule has 0 atom stereocenters. The van der Waals surface area contributed by atoms with Gasteiger partial charge >= 0.3 is 0 Å². The van der Waals surface area contributed by atoms with Crippen molar-refractivity contribution in [1.82, 2.24) is 4.90 Å². The summed E-state index contributed by atoms with van der Waals surface area (Å²) < 4.78 is 6.11. The Labute approximate surface area is 137 Å². The molecule has 2 rings (SSSR count). The van der Waals surface area contributed by atoms with Gasteiger partial charge in [-0.3, -0.25) is 4.79 Å². The molecular formula is C14H17ClINO3. The quantitative estimate of drug-likeness (QED) is 0.778. The number of hydrogen-bond acceptors (Lipinski definition) is 3. The lowest BCUT2D eigenvalue weighted by molar-refractivity contribution is 0.0264. The summed E-state index contributed by atoms with van der Waals surface area (Å²) in [6, 6.07) is 3.41. The topological polar surface area (TPSA) is 49.8 Å². The summed E-state index contributed by atoms with van der Waals surface area (Å²) in [5.74, 6) is 0.801. The van der Waals surface area contributed by atoms with Crippen LogP contribution in [0.15, 0.2) is 12.1 Å². The fraction of sp³-hybridized carbons (Fsp3) is 0.500. The number of methoxy groups -OCH3 is 1. The molecule has 1 N–H and O–H groups in total. The number of hydrogen-bond donors (Lipinski definition) is 1. The average molecular weight is 410 g/mol. The number of ether oxygens (including phenoxy) is 1. The monoisotopic (exact) mass is 409 g/mol. The molecule has 1 aliphatic carbocycles. The molecule has 1 fully saturated rings. The first kappa shape index (κ1) is 15.9.